The van der Waals surface area contributed by atoms with Gasteiger partial charge in [-0.1, -0.05) is 106 Å². The predicted molar refractivity (Wildman–Crippen MR) is 222 cm³/mol. The van der Waals surface area contributed by atoms with Crippen LogP contribution in [0.15, 0.2) is 84.9 Å². The number of aromatic nitrogens is 4. The maximum atomic E-state index is 14.5. The molecule has 4 nitrogen and oxygen atoms in total. The van der Waals surface area contributed by atoms with Crippen LogP contribution in [0.5, 0.6) is 0 Å². The van der Waals surface area contributed by atoms with Crippen LogP contribution in [0.4, 0.5) is 17.6 Å². The minimum absolute atomic E-state index is 0. The Morgan fingerprint density at radius 1 is 0.644 bits per heavy atom. The van der Waals surface area contributed by atoms with Gasteiger partial charge in [-0.2, -0.15) is 30.3 Å². The van der Waals surface area contributed by atoms with Gasteiger partial charge in [0.15, 0.2) is 0 Å². The van der Waals surface area contributed by atoms with Crippen molar-refractivity contribution in [3.63, 3.8) is 0 Å². The summed E-state index contributed by atoms with van der Waals surface area (Å²) in [4.78, 5) is 9.37. The summed E-state index contributed by atoms with van der Waals surface area (Å²) in [6.45, 7) is 16.7. The number of aryl methyl sites for hydroxylation is 5. The van der Waals surface area contributed by atoms with Gasteiger partial charge in [0.05, 0.1) is 18.1 Å². The molecule has 0 unspecified atom stereocenters. The van der Waals surface area contributed by atoms with Gasteiger partial charge in [-0.25, -0.2) is 0 Å². The average molecular weight is 974 g/mol. The molecule has 7 rings (SSSR count). The fraction of sp³-hybridized carbons (Fsp3) is 0.300. The summed E-state index contributed by atoms with van der Waals surface area (Å²) in [5, 5.41) is 0. The maximum absolute atomic E-state index is 14.5. The van der Waals surface area contributed by atoms with E-state index in [0.29, 0.717) is 24.2 Å². The Labute approximate surface area is 359 Å². The molecule has 0 amide bonds. The number of unbranched alkanes of at least 4 members (excludes halogenated alkanes) is 1. The number of hydrogen-bond donors (Lipinski definition) is 0. The summed E-state index contributed by atoms with van der Waals surface area (Å²) in [6, 6.07) is 32.7. The summed E-state index contributed by atoms with van der Waals surface area (Å²) in [7, 11) is 2.02. The minimum atomic E-state index is -0.694. The summed E-state index contributed by atoms with van der Waals surface area (Å²) in [5.41, 5.74) is 10.4. The van der Waals surface area contributed by atoms with Crippen LogP contribution in [-0.4, -0.2) is 14.5 Å². The molecule has 0 aliphatic carbocycles. The molecule has 0 bridgehead atoms. The quantitative estimate of drug-likeness (QED) is 0.0658. The molecular formula is C50H49F4IrN4-3. The first-order chi connectivity index (χ1) is 27.4. The van der Waals surface area contributed by atoms with Gasteiger partial charge in [0.25, 0.3) is 0 Å². The van der Waals surface area contributed by atoms with Crippen LogP contribution >= 0.6 is 0 Å². The molecule has 0 atom stereocenters. The zero-order chi connectivity index (χ0) is 41.9. The third-order valence-electron chi connectivity index (χ3n) is 10.2. The molecule has 4 aromatic carbocycles. The largest absolute Gasteiger partial charge is 0.342 e. The van der Waals surface area contributed by atoms with E-state index in [1.807, 2.05) is 60.1 Å². The normalized spacial score (nSPS) is 11.6. The Bertz CT molecular complexity index is 2450. The smallest absolute Gasteiger partial charge is 0.242 e. The number of fused-ring (bicyclic) bond motifs is 1. The average Bonchev–Trinajstić information content (AvgIpc) is 3.47. The fourth-order valence-corrected chi connectivity index (χ4v) is 6.65. The Morgan fingerprint density at radius 3 is 1.58 bits per heavy atom. The van der Waals surface area contributed by atoms with E-state index in [4.69, 9.17) is 0 Å². The fourth-order valence-electron chi connectivity index (χ4n) is 6.65. The van der Waals surface area contributed by atoms with Crippen LogP contribution in [0.25, 0.3) is 39.2 Å². The molecular weight excluding hydrogens is 925 g/mol. The second-order valence-corrected chi connectivity index (χ2v) is 16.9. The Kier molecular flexibility index (Phi) is 14.2. The van der Waals surface area contributed by atoms with Crippen LogP contribution < -0.4 is 4.57 Å². The van der Waals surface area contributed by atoms with Gasteiger partial charge in [0, 0.05) is 54.8 Å². The van der Waals surface area contributed by atoms with Crippen LogP contribution in [-0.2, 0) is 50.8 Å². The van der Waals surface area contributed by atoms with Gasteiger partial charge < -0.3 is 19.1 Å². The number of nitrogens with zero attached hydrogens (tertiary/aromatic N) is 4. The molecule has 59 heavy (non-hydrogen) atoms. The second-order valence-electron chi connectivity index (χ2n) is 16.9. The van der Waals surface area contributed by atoms with Crippen molar-refractivity contribution in [2.75, 3.05) is 0 Å². The van der Waals surface area contributed by atoms with E-state index in [1.54, 1.807) is 0 Å². The first-order valence-electron chi connectivity index (χ1n) is 19.5. The molecule has 3 aromatic heterocycles. The van der Waals surface area contributed by atoms with Crippen molar-refractivity contribution in [1.29, 1.82) is 0 Å². The summed E-state index contributed by atoms with van der Waals surface area (Å²) in [5.74, 6) is -2.75. The van der Waals surface area contributed by atoms with Crippen LogP contribution in [0.2, 0.25) is 0 Å². The van der Waals surface area contributed by atoms with E-state index in [9.17, 15) is 17.6 Å². The minimum Gasteiger partial charge on any atom is -0.342 e. The molecule has 0 spiro atoms. The molecule has 7 aromatic rings. The zero-order valence-corrected chi connectivity index (χ0v) is 37.4. The molecule has 1 radical (unpaired) electrons. The van der Waals surface area contributed by atoms with Gasteiger partial charge in [-0.05, 0) is 85.0 Å². The molecule has 0 aliphatic heterocycles. The Morgan fingerprint density at radius 2 is 1.14 bits per heavy atom. The SMILES string of the molecule is CC(C)(C)c1cc(CCCCc2cc(C(C)(C)C)cc(-c3[c-]cc(F)cc3F)n2)nc(-c2[c-]cc(F)cc2F)c1.Cc1cc2c(cc1C)[n+](C)[c-]n2-c1[c-]cccc1.[Ir]. The van der Waals surface area contributed by atoms with Crippen molar-refractivity contribution in [2.24, 2.45) is 7.05 Å². The first kappa shape index (κ1) is 45.1. The number of rotatable bonds is 8. The van der Waals surface area contributed by atoms with Crippen LogP contribution in [0.1, 0.15) is 88.0 Å². The number of imidazole rings is 1. The molecule has 0 N–H and O–H groups in total. The number of halogens is 4. The van der Waals surface area contributed by atoms with Crippen LogP contribution in [0, 0.1) is 61.6 Å². The molecule has 0 fully saturated rings. The molecule has 0 saturated carbocycles. The van der Waals surface area contributed by atoms with Gasteiger partial charge in [0.1, 0.15) is 0 Å². The zero-order valence-electron chi connectivity index (χ0n) is 35.0. The summed E-state index contributed by atoms with van der Waals surface area (Å²) >= 11 is 0. The van der Waals surface area contributed by atoms with Gasteiger partial charge in [0.2, 0.25) is 6.33 Å². The summed E-state index contributed by atoms with van der Waals surface area (Å²) in [6.07, 6.45) is 6.23. The summed E-state index contributed by atoms with van der Waals surface area (Å²) < 4.78 is 60.1. The maximum Gasteiger partial charge on any atom is 0.242 e. The van der Waals surface area contributed by atoms with Gasteiger partial charge in [-0.15, -0.1) is 24.3 Å². The van der Waals surface area contributed by atoms with E-state index < -0.39 is 23.3 Å². The monoisotopic (exact) mass is 974 g/mol. The number of para-hydroxylation sites is 1. The number of benzene rings is 4. The Balaban J connectivity index is 0.000000289. The molecule has 0 aliphatic rings. The van der Waals surface area contributed by atoms with E-state index in [2.05, 4.69) is 107 Å². The topological polar surface area (TPSA) is 34.6 Å². The van der Waals surface area contributed by atoms with Gasteiger partial charge in [-0.3, -0.25) is 17.6 Å². The number of hydrogen-bond acceptors (Lipinski definition) is 2. The van der Waals surface area contributed by atoms with E-state index in [1.165, 1.54) is 22.2 Å². The van der Waals surface area contributed by atoms with Crippen molar-refractivity contribution in [3.05, 3.63) is 166 Å². The van der Waals surface area contributed by atoms with E-state index in [0.717, 1.165) is 65.3 Å². The second kappa shape index (κ2) is 18.5. The molecule has 0 saturated heterocycles. The Hall–Kier alpha value is -4.98. The van der Waals surface area contributed by atoms with Crippen molar-refractivity contribution >= 4 is 11.0 Å². The predicted octanol–water partition coefficient (Wildman–Crippen LogP) is 11.8. The number of pyridine rings is 2. The van der Waals surface area contributed by atoms with Gasteiger partial charge >= 0.3 is 0 Å². The van der Waals surface area contributed by atoms with Crippen molar-refractivity contribution in [2.45, 2.75) is 91.9 Å². The molecule has 3 heterocycles. The molecule has 9 heteroatoms. The third-order valence-corrected chi connectivity index (χ3v) is 10.2. The standard InChI is InChI=1S/C34H34F4N2.C16H15N2.Ir/c1-33(2,3)21-15-25(39-31(17-21)27-13-11-23(35)19-29(27)37)9-7-8-10-26-16-22(34(4,5)6)18-32(40-26)28-14-12-24(36)20-30(28)38;1-12-9-15-16(10-13(12)2)18(11-17(15)3)14-7-5-4-6-8-14;/h11-12,15-20H,7-10H2,1-6H3;4-7,9-10H,1-3H3;/q-2;-1;. The van der Waals surface area contributed by atoms with Crippen molar-refractivity contribution in [3.8, 4) is 28.2 Å². The molecule has 309 valence electrons. The van der Waals surface area contributed by atoms with Crippen LogP contribution in [0.3, 0.4) is 0 Å². The van der Waals surface area contributed by atoms with E-state index >= 15 is 0 Å². The third kappa shape index (κ3) is 11.0. The van der Waals surface area contributed by atoms with Crippen molar-refractivity contribution in [1.82, 2.24) is 14.5 Å². The van der Waals surface area contributed by atoms with E-state index in [-0.39, 0.29) is 42.1 Å². The first-order valence-corrected chi connectivity index (χ1v) is 19.5. The van der Waals surface area contributed by atoms with Crippen molar-refractivity contribution < 1.29 is 42.2 Å².